The van der Waals surface area contributed by atoms with E-state index in [-0.39, 0.29) is 17.1 Å². The maximum atomic E-state index is 12.2. The highest BCUT2D eigenvalue weighted by atomic mass is 16.5. The number of furan rings is 1. The molecule has 0 bridgehead atoms. The van der Waals surface area contributed by atoms with E-state index >= 15 is 0 Å². The van der Waals surface area contributed by atoms with Crippen molar-refractivity contribution >= 4 is 16.9 Å². The van der Waals surface area contributed by atoms with Gasteiger partial charge < -0.3 is 18.3 Å². The number of carbonyl (C=O) groups excluding carboxylic acids is 1. The minimum atomic E-state index is -0.584. The fourth-order valence-electron chi connectivity index (χ4n) is 3.21. The lowest BCUT2D eigenvalue weighted by Crippen LogP contribution is -2.12. The number of benzene rings is 2. The van der Waals surface area contributed by atoms with E-state index in [1.54, 1.807) is 26.0 Å². The van der Waals surface area contributed by atoms with Crippen LogP contribution in [-0.2, 0) is 11.4 Å². The number of carbonyl (C=O) groups is 1. The molecule has 2 aromatic heterocycles. The monoisotopic (exact) mass is 404 g/mol. The zero-order valence-electron chi connectivity index (χ0n) is 16.9. The molecule has 0 aliphatic rings. The third-order valence-corrected chi connectivity index (χ3v) is 4.73. The first kappa shape index (κ1) is 19.5. The van der Waals surface area contributed by atoms with E-state index in [9.17, 15) is 9.59 Å². The van der Waals surface area contributed by atoms with Crippen LogP contribution < -0.4 is 15.1 Å². The van der Waals surface area contributed by atoms with Gasteiger partial charge in [-0.05, 0) is 37.6 Å². The average Bonchev–Trinajstić information content (AvgIpc) is 3.16. The van der Waals surface area contributed by atoms with Gasteiger partial charge in [0.05, 0.1) is 5.56 Å². The quantitative estimate of drug-likeness (QED) is 0.427. The van der Waals surface area contributed by atoms with Crippen LogP contribution in [0.2, 0.25) is 0 Å². The van der Waals surface area contributed by atoms with Gasteiger partial charge in [0.25, 0.3) is 0 Å². The third-order valence-electron chi connectivity index (χ3n) is 4.73. The van der Waals surface area contributed by atoms with Crippen molar-refractivity contribution in [3.8, 4) is 23.0 Å². The van der Waals surface area contributed by atoms with Gasteiger partial charge in [-0.15, -0.1) is 0 Å². The molecule has 4 aromatic rings. The number of hydrogen-bond acceptors (Lipinski definition) is 6. The number of ether oxygens (including phenoxy) is 2. The zero-order chi connectivity index (χ0) is 21.3. The molecule has 0 saturated heterocycles. The highest BCUT2D eigenvalue weighted by Gasteiger charge is 2.21. The summed E-state index contributed by atoms with van der Waals surface area (Å²) in [6.07, 6.45) is 0. The Morgan fingerprint density at radius 3 is 2.47 bits per heavy atom. The van der Waals surface area contributed by atoms with Crippen molar-refractivity contribution in [2.75, 3.05) is 0 Å². The highest BCUT2D eigenvalue weighted by molar-refractivity contribution is 5.84. The van der Waals surface area contributed by atoms with Crippen molar-refractivity contribution in [1.29, 1.82) is 0 Å². The Kier molecular flexibility index (Phi) is 5.14. The zero-order valence-corrected chi connectivity index (χ0v) is 16.9. The van der Waals surface area contributed by atoms with E-state index < -0.39 is 11.6 Å². The Balaban J connectivity index is 1.68. The first-order valence-corrected chi connectivity index (χ1v) is 9.46. The van der Waals surface area contributed by atoms with E-state index in [1.807, 2.05) is 42.5 Å². The lowest BCUT2D eigenvalue weighted by Gasteiger charge is -2.10. The number of rotatable bonds is 5. The van der Waals surface area contributed by atoms with Crippen LogP contribution in [0, 0.1) is 13.8 Å². The normalized spacial score (nSPS) is 10.9. The maximum absolute atomic E-state index is 12.2. The molecule has 2 heterocycles. The van der Waals surface area contributed by atoms with Gasteiger partial charge in [0.1, 0.15) is 23.7 Å². The summed E-state index contributed by atoms with van der Waals surface area (Å²) in [5.41, 5.74) is 1.82. The van der Waals surface area contributed by atoms with Crippen LogP contribution in [0.25, 0.3) is 22.5 Å². The van der Waals surface area contributed by atoms with E-state index in [1.165, 1.54) is 6.92 Å². The average molecular weight is 404 g/mol. The van der Waals surface area contributed by atoms with Crippen LogP contribution in [0.5, 0.6) is 11.5 Å². The summed E-state index contributed by atoms with van der Waals surface area (Å²) in [7, 11) is 0. The maximum Gasteiger partial charge on any atom is 0.343 e. The summed E-state index contributed by atoms with van der Waals surface area (Å²) >= 11 is 0. The van der Waals surface area contributed by atoms with Crippen molar-refractivity contribution in [2.24, 2.45) is 0 Å². The van der Waals surface area contributed by atoms with Crippen molar-refractivity contribution in [3.63, 3.8) is 0 Å². The lowest BCUT2D eigenvalue weighted by atomic mass is 10.1. The first-order chi connectivity index (χ1) is 14.4. The second-order valence-electron chi connectivity index (χ2n) is 6.98. The Morgan fingerprint density at radius 2 is 1.73 bits per heavy atom. The van der Waals surface area contributed by atoms with Crippen LogP contribution in [-0.4, -0.2) is 5.97 Å². The van der Waals surface area contributed by atoms with Crippen LogP contribution in [0.3, 0.4) is 0 Å². The fraction of sp³-hybridized carbons (Fsp3) is 0.167. The molecule has 2 aromatic carbocycles. The smallest absolute Gasteiger partial charge is 0.343 e. The second-order valence-corrected chi connectivity index (χ2v) is 6.98. The van der Waals surface area contributed by atoms with Gasteiger partial charge in [-0.3, -0.25) is 4.79 Å². The van der Waals surface area contributed by atoms with Crippen LogP contribution >= 0.6 is 0 Å². The van der Waals surface area contributed by atoms with E-state index in [0.717, 1.165) is 10.9 Å². The van der Waals surface area contributed by atoms with Crippen molar-refractivity contribution in [1.82, 2.24) is 0 Å². The summed E-state index contributed by atoms with van der Waals surface area (Å²) in [6, 6.07) is 17.1. The third kappa shape index (κ3) is 3.85. The molecular weight excluding hydrogens is 384 g/mol. The summed E-state index contributed by atoms with van der Waals surface area (Å²) in [4.78, 5) is 23.7. The molecule has 0 spiro atoms. The van der Waals surface area contributed by atoms with Crippen LogP contribution in [0.1, 0.15) is 23.6 Å². The van der Waals surface area contributed by atoms with Crippen LogP contribution in [0.15, 0.2) is 68.2 Å². The van der Waals surface area contributed by atoms with Gasteiger partial charge in [0.15, 0.2) is 11.5 Å². The summed E-state index contributed by atoms with van der Waals surface area (Å²) < 4.78 is 22.4. The molecule has 0 radical (unpaired) electrons. The van der Waals surface area contributed by atoms with Gasteiger partial charge >= 0.3 is 11.6 Å². The Bertz CT molecular complexity index is 1280. The Labute approximate surface area is 172 Å². The molecule has 0 amide bonds. The topological polar surface area (TPSA) is 78.9 Å². The molecule has 0 saturated carbocycles. The molecule has 6 heteroatoms. The van der Waals surface area contributed by atoms with Crippen molar-refractivity contribution in [3.05, 3.63) is 81.7 Å². The standard InChI is InChI=1S/C24H20O6/c1-14-22(28-16(3)25)15(2)24(26)30-23(14)21-11-18-9-10-19(12-20(18)29-21)27-13-17-7-5-4-6-8-17/h4-12H,13H2,1-3H3. The molecule has 0 aliphatic carbocycles. The predicted molar refractivity (Wildman–Crippen MR) is 112 cm³/mol. The molecule has 30 heavy (non-hydrogen) atoms. The van der Waals surface area contributed by atoms with E-state index in [2.05, 4.69) is 0 Å². The minimum Gasteiger partial charge on any atom is -0.489 e. The first-order valence-electron chi connectivity index (χ1n) is 9.46. The van der Waals surface area contributed by atoms with Crippen LogP contribution in [0.4, 0.5) is 0 Å². The number of hydrogen-bond donors (Lipinski definition) is 0. The fourth-order valence-corrected chi connectivity index (χ4v) is 3.21. The molecule has 4 rings (SSSR count). The van der Waals surface area contributed by atoms with Gasteiger partial charge in [-0.1, -0.05) is 30.3 Å². The number of fused-ring (bicyclic) bond motifs is 1. The van der Waals surface area contributed by atoms with E-state index in [4.69, 9.17) is 18.3 Å². The van der Waals surface area contributed by atoms with E-state index in [0.29, 0.717) is 29.3 Å². The minimum absolute atomic E-state index is 0.195. The van der Waals surface area contributed by atoms with Crippen molar-refractivity contribution < 1.29 is 23.1 Å². The predicted octanol–water partition coefficient (Wildman–Crippen LogP) is 5.17. The van der Waals surface area contributed by atoms with Gasteiger partial charge in [-0.25, -0.2) is 4.79 Å². The van der Waals surface area contributed by atoms with Crippen molar-refractivity contribution in [2.45, 2.75) is 27.4 Å². The molecule has 6 nitrogen and oxygen atoms in total. The molecule has 0 unspecified atom stereocenters. The molecule has 0 aliphatic heterocycles. The SMILES string of the molecule is CC(=O)Oc1c(C)c(-c2cc3ccc(OCc4ccccc4)cc3o2)oc(=O)c1C. The Hall–Kier alpha value is -3.80. The molecule has 0 atom stereocenters. The second kappa shape index (κ2) is 7.91. The van der Waals surface area contributed by atoms with Gasteiger partial charge in [0.2, 0.25) is 0 Å². The van der Waals surface area contributed by atoms with Gasteiger partial charge in [-0.2, -0.15) is 0 Å². The largest absolute Gasteiger partial charge is 0.489 e. The highest BCUT2D eigenvalue weighted by Crippen LogP contribution is 2.35. The summed E-state index contributed by atoms with van der Waals surface area (Å²) in [6.45, 7) is 4.99. The van der Waals surface area contributed by atoms with Gasteiger partial charge in [0, 0.05) is 23.9 Å². The number of esters is 1. The molecule has 152 valence electrons. The molecular formula is C24H20O6. The summed E-state index contributed by atoms with van der Waals surface area (Å²) in [5, 5.41) is 0.828. The molecule has 0 N–H and O–H groups in total. The lowest BCUT2D eigenvalue weighted by molar-refractivity contribution is -0.132. The Morgan fingerprint density at radius 1 is 0.967 bits per heavy atom. The molecule has 0 fully saturated rings. The summed E-state index contributed by atoms with van der Waals surface area (Å²) in [5.74, 6) is 0.941.